The number of halogens is 1. The summed E-state index contributed by atoms with van der Waals surface area (Å²) in [5.41, 5.74) is 1.11. The van der Waals surface area contributed by atoms with Gasteiger partial charge in [0.05, 0.1) is 6.10 Å². The largest absolute Gasteiger partial charge is 0.445 e. The summed E-state index contributed by atoms with van der Waals surface area (Å²) in [6.45, 7) is 0.163. The fraction of sp³-hybridized carbons (Fsp3) is 0.278. The third-order valence-electron chi connectivity index (χ3n) is 3.38. The number of amides is 1. The van der Waals surface area contributed by atoms with E-state index in [2.05, 4.69) is 5.32 Å². The monoisotopic (exact) mass is 333 g/mol. The molecule has 4 nitrogen and oxygen atoms in total. The van der Waals surface area contributed by atoms with E-state index in [1.807, 2.05) is 60.7 Å². The van der Waals surface area contributed by atoms with E-state index in [-0.39, 0.29) is 6.61 Å². The second-order valence-corrected chi connectivity index (χ2v) is 5.67. The van der Waals surface area contributed by atoms with Crippen LogP contribution in [-0.4, -0.2) is 22.8 Å². The van der Waals surface area contributed by atoms with Crippen LogP contribution in [0, 0.1) is 0 Å². The van der Waals surface area contributed by atoms with Crippen LogP contribution < -0.4 is 5.32 Å². The summed E-state index contributed by atoms with van der Waals surface area (Å²) >= 11 is 6.01. The van der Waals surface area contributed by atoms with Crippen LogP contribution in [0.2, 0.25) is 0 Å². The molecule has 0 bridgehead atoms. The minimum absolute atomic E-state index is 0.163. The van der Waals surface area contributed by atoms with E-state index in [1.54, 1.807) is 0 Å². The van der Waals surface area contributed by atoms with E-state index in [4.69, 9.17) is 16.3 Å². The molecule has 0 radical (unpaired) electrons. The zero-order chi connectivity index (χ0) is 16.5. The van der Waals surface area contributed by atoms with Crippen molar-refractivity contribution in [2.75, 3.05) is 0 Å². The summed E-state index contributed by atoms with van der Waals surface area (Å²) in [7, 11) is 0. The number of aryl methyl sites for hydroxylation is 1. The number of alkyl halides is 1. The number of aliphatic hydroxyl groups is 1. The van der Waals surface area contributed by atoms with E-state index in [0.717, 1.165) is 11.1 Å². The van der Waals surface area contributed by atoms with Crippen LogP contribution in [0.1, 0.15) is 17.5 Å². The van der Waals surface area contributed by atoms with Crippen molar-refractivity contribution in [2.24, 2.45) is 0 Å². The Balaban J connectivity index is 1.70. The molecule has 0 aliphatic heterocycles. The van der Waals surface area contributed by atoms with Crippen molar-refractivity contribution in [3.63, 3.8) is 0 Å². The lowest BCUT2D eigenvalue weighted by Crippen LogP contribution is -2.39. The maximum absolute atomic E-state index is 11.7. The normalized spacial score (nSPS) is 13.1. The minimum Gasteiger partial charge on any atom is -0.445 e. The lowest BCUT2D eigenvalue weighted by atomic mass is 10.1. The lowest BCUT2D eigenvalue weighted by Gasteiger charge is -2.18. The van der Waals surface area contributed by atoms with Gasteiger partial charge in [0.25, 0.3) is 0 Å². The molecule has 122 valence electrons. The molecule has 0 heterocycles. The molecule has 0 spiro atoms. The molecule has 2 atom stereocenters. The SMILES string of the molecule is O=C(N[C@@H](Cl)C(O)CCc1ccccc1)OCc1ccccc1. The van der Waals surface area contributed by atoms with Gasteiger partial charge in [-0.15, -0.1) is 0 Å². The highest BCUT2D eigenvalue weighted by Crippen LogP contribution is 2.10. The molecule has 2 rings (SSSR count). The van der Waals surface area contributed by atoms with E-state index >= 15 is 0 Å². The first-order valence-electron chi connectivity index (χ1n) is 7.48. The number of hydrogen-bond acceptors (Lipinski definition) is 3. The molecular weight excluding hydrogens is 314 g/mol. The summed E-state index contributed by atoms with van der Waals surface area (Å²) in [5.74, 6) is 0. The van der Waals surface area contributed by atoms with Crippen LogP contribution in [0.15, 0.2) is 60.7 Å². The Morgan fingerprint density at radius 1 is 1.04 bits per heavy atom. The summed E-state index contributed by atoms with van der Waals surface area (Å²) in [6.07, 6.45) is -0.350. The fourth-order valence-electron chi connectivity index (χ4n) is 2.08. The molecule has 0 saturated heterocycles. The quantitative estimate of drug-likeness (QED) is 0.602. The van der Waals surface area contributed by atoms with Crippen LogP contribution in [0.5, 0.6) is 0 Å². The Morgan fingerprint density at radius 2 is 1.61 bits per heavy atom. The molecule has 5 heteroatoms. The van der Waals surface area contributed by atoms with Gasteiger partial charge in [-0.1, -0.05) is 72.3 Å². The third-order valence-corrected chi connectivity index (χ3v) is 3.78. The lowest BCUT2D eigenvalue weighted by molar-refractivity contribution is 0.116. The fourth-order valence-corrected chi connectivity index (χ4v) is 2.29. The maximum atomic E-state index is 11.7. The van der Waals surface area contributed by atoms with Gasteiger partial charge in [-0.2, -0.15) is 0 Å². The topological polar surface area (TPSA) is 58.6 Å². The van der Waals surface area contributed by atoms with E-state index < -0.39 is 17.7 Å². The van der Waals surface area contributed by atoms with Crippen molar-refractivity contribution in [1.29, 1.82) is 0 Å². The second-order valence-electron chi connectivity index (χ2n) is 5.20. The summed E-state index contributed by atoms with van der Waals surface area (Å²) in [5, 5.41) is 12.5. The van der Waals surface area contributed by atoms with E-state index in [0.29, 0.717) is 12.8 Å². The Morgan fingerprint density at radius 3 is 2.22 bits per heavy atom. The van der Waals surface area contributed by atoms with Crippen LogP contribution in [0.4, 0.5) is 4.79 Å². The van der Waals surface area contributed by atoms with E-state index in [1.165, 1.54) is 0 Å². The minimum atomic E-state index is -0.887. The Hall–Kier alpha value is -2.04. The molecule has 2 N–H and O–H groups in total. The summed E-state index contributed by atoms with van der Waals surface area (Å²) < 4.78 is 5.07. The smallest absolute Gasteiger partial charge is 0.408 e. The number of ether oxygens (including phenoxy) is 1. The van der Waals surface area contributed by atoms with Gasteiger partial charge < -0.3 is 15.2 Å². The molecule has 2 aromatic carbocycles. The van der Waals surface area contributed by atoms with Crippen LogP contribution in [0.3, 0.4) is 0 Å². The zero-order valence-corrected chi connectivity index (χ0v) is 13.4. The molecule has 2 aromatic rings. The number of hydrogen-bond donors (Lipinski definition) is 2. The number of benzene rings is 2. The average Bonchev–Trinajstić information content (AvgIpc) is 2.59. The Kier molecular flexibility index (Phi) is 6.91. The first-order chi connectivity index (χ1) is 11.1. The van der Waals surface area contributed by atoms with Crippen molar-refractivity contribution >= 4 is 17.7 Å². The molecule has 0 aliphatic carbocycles. The highest BCUT2D eigenvalue weighted by Gasteiger charge is 2.19. The highest BCUT2D eigenvalue weighted by atomic mass is 35.5. The summed E-state index contributed by atoms with van der Waals surface area (Å²) in [4.78, 5) is 11.7. The van der Waals surface area contributed by atoms with Gasteiger partial charge in [0.15, 0.2) is 0 Å². The number of carbonyl (C=O) groups is 1. The molecule has 0 fully saturated rings. The third kappa shape index (κ3) is 6.30. The molecular formula is C18H20ClNO3. The van der Waals surface area contributed by atoms with Crippen molar-refractivity contribution in [1.82, 2.24) is 5.32 Å². The molecule has 23 heavy (non-hydrogen) atoms. The van der Waals surface area contributed by atoms with Gasteiger partial charge in [-0.05, 0) is 24.0 Å². The van der Waals surface area contributed by atoms with Crippen molar-refractivity contribution in [2.45, 2.75) is 31.1 Å². The first-order valence-corrected chi connectivity index (χ1v) is 7.92. The molecule has 0 aromatic heterocycles. The number of rotatable bonds is 7. The standard InChI is InChI=1S/C18H20ClNO3/c19-17(16(21)12-11-14-7-3-1-4-8-14)20-18(22)23-13-15-9-5-2-6-10-15/h1-10,16-17,21H,11-13H2,(H,20,22)/t16?,17-/m1/s1. The predicted octanol–water partition coefficient (Wildman–Crippen LogP) is 3.47. The van der Waals surface area contributed by atoms with Crippen LogP contribution >= 0.6 is 11.6 Å². The molecule has 0 aliphatic rings. The summed E-state index contributed by atoms with van der Waals surface area (Å²) in [6, 6.07) is 19.1. The van der Waals surface area contributed by atoms with Gasteiger partial charge in [0, 0.05) is 0 Å². The average molecular weight is 334 g/mol. The Bertz CT molecular complexity index is 592. The predicted molar refractivity (Wildman–Crippen MR) is 90.2 cm³/mol. The second kappa shape index (κ2) is 9.18. The molecule has 1 unspecified atom stereocenters. The van der Waals surface area contributed by atoms with Crippen molar-refractivity contribution < 1.29 is 14.6 Å². The van der Waals surface area contributed by atoms with Gasteiger partial charge in [-0.25, -0.2) is 4.79 Å². The maximum Gasteiger partial charge on any atom is 0.408 e. The highest BCUT2D eigenvalue weighted by molar-refractivity contribution is 6.21. The van der Waals surface area contributed by atoms with Crippen LogP contribution in [-0.2, 0) is 17.8 Å². The zero-order valence-electron chi connectivity index (χ0n) is 12.7. The molecule has 0 saturated carbocycles. The van der Waals surface area contributed by atoms with Crippen molar-refractivity contribution in [3.8, 4) is 0 Å². The van der Waals surface area contributed by atoms with Crippen molar-refractivity contribution in [3.05, 3.63) is 71.8 Å². The Labute approximate surface area is 141 Å². The van der Waals surface area contributed by atoms with Gasteiger partial charge >= 0.3 is 6.09 Å². The molecule has 1 amide bonds. The number of nitrogens with one attached hydrogen (secondary N) is 1. The van der Waals surface area contributed by atoms with Crippen LogP contribution in [0.25, 0.3) is 0 Å². The van der Waals surface area contributed by atoms with E-state index in [9.17, 15) is 9.90 Å². The van der Waals surface area contributed by atoms with Gasteiger partial charge in [0.1, 0.15) is 12.1 Å². The van der Waals surface area contributed by atoms with Gasteiger partial charge in [0.2, 0.25) is 0 Å². The number of alkyl carbamates (subject to hydrolysis) is 1. The number of carbonyl (C=O) groups excluding carboxylic acids is 1. The first kappa shape index (κ1) is 17.3. The number of aliphatic hydroxyl groups excluding tert-OH is 1. The van der Waals surface area contributed by atoms with Gasteiger partial charge in [-0.3, -0.25) is 0 Å².